The molecule has 2 aromatic rings. The van der Waals surface area contributed by atoms with E-state index >= 15 is 0 Å². The number of methoxy groups -OCH3 is 1. The number of carbonyl (C=O) groups is 1. The minimum atomic E-state index is -3.14. The molecule has 4 aliphatic rings. The van der Waals surface area contributed by atoms with Crippen molar-refractivity contribution in [2.45, 2.75) is 49.4 Å². The number of rotatable bonds is 5. The second kappa shape index (κ2) is 8.01. The van der Waals surface area contributed by atoms with E-state index in [1.165, 1.54) is 6.07 Å². The van der Waals surface area contributed by atoms with Gasteiger partial charge in [-0.05, 0) is 42.7 Å². The van der Waals surface area contributed by atoms with Gasteiger partial charge < -0.3 is 29.0 Å². The molecule has 180 valence electrons. The maximum absolute atomic E-state index is 14.8. The van der Waals surface area contributed by atoms with E-state index in [4.69, 9.17) is 23.7 Å². The normalized spacial score (nSPS) is 30.3. The smallest absolute Gasteiger partial charge is 0.268 e. The summed E-state index contributed by atoms with van der Waals surface area (Å²) in [6, 6.07) is 9.59. The van der Waals surface area contributed by atoms with Crippen molar-refractivity contribution in [3.05, 3.63) is 47.5 Å². The number of hydrogen-bond acceptors (Lipinski definition) is 6. The highest BCUT2D eigenvalue weighted by Crippen LogP contribution is 2.62. The van der Waals surface area contributed by atoms with Crippen LogP contribution in [0.2, 0.25) is 0 Å². The quantitative estimate of drug-likeness (QED) is 0.709. The largest absolute Gasteiger partial charge is 0.497 e. The summed E-state index contributed by atoms with van der Waals surface area (Å²) < 4.78 is 57.5. The van der Waals surface area contributed by atoms with Gasteiger partial charge in [0, 0.05) is 24.7 Å². The zero-order chi connectivity index (χ0) is 23.4. The molecule has 9 heteroatoms. The van der Waals surface area contributed by atoms with Crippen LogP contribution in [0.25, 0.3) is 0 Å². The lowest BCUT2D eigenvalue weighted by Crippen LogP contribution is -2.42. The summed E-state index contributed by atoms with van der Waals surface area (Å²) in [4.78, 5) is 13.1. The van der Waals surface area contributed by atoms with Crippen LogP contribution >= 0.6 is 0 Å². The zero-order valence-corrected chi connectivity index (χ0v) is 18.6. The van der Waals surface area contributed by atoms with Crippen molar-refractivity contribution in [3.8, 4) is 23.0 Å². The van der Waals surface area contributed by atoms with Crippen LogP contribution < -0.4 is 24.3 Å². The Bertz CT molecular complexity index is 1120. The maximum atomic E-state index is 14.8. The number of amides is 1. The van der Waals surface area contributed by atoms with E-state index in [-0.39, 0.29) is 19.0 Å². The van der Waals surface area contributed by atoms with Gasteiger partial charge in [-0.25, -0.2) is 8.78 Å². The lowest BCUT2D eigenvalue weighted by atomic mass is 9.92. The molecule has 3 aliphatic heterocycles. The van der Waals surface area contributed by atoms with E-state index in [2.05, 4.69) is 5.32 Å². The summed E-state index contributed by atoms with van der Waals surface area (Å²) in [5, 5.41) is 2.88. The van der Waals surface area contributed by atoms with Gasteiger partial charge in [0.2, 0.25) is 12.7 Å². The van der Waals surface area contributed by atoms with E-state index in [1.54, 1.807) is 31.4 Å². The molecule has 2 fully saturated rings. The third-order valence-electron chi connectivity index (χ3n) is 7.13. The van der Waals surface area contributed by atoms with Crippen LogP contribution in [0.1, 0.15) is 42.3 Å². The molecule has 2 aromatic carbocycles. The third-order valence-corrected chi connectivity index (χ3v) is 7.13. The van der Waals surface area contributed by atoms with E-state index in [9.17, 15) is 13.6 Å². The molecular weight excluding hydrogens is 448 g/mol. The molecule has 1 N–H and O–H groups in total. The predicted molar refractivity (Wildman–Crippen MR) is 116 cm³/mol. The van der Waals surface area contributed by atoms with Crippen LogP contribution in [0.5, 0.6) is 23.0 Å². The number of nitrogens with one attached hydrogen (secondary N) is 1. The molecule has 6 rings (SSSR count). The fourth-order valence-electron chi connectivity index (χ4n) is 5.30. The summed E-state index contributed by atoms with van der Waals surface area (Å²) in [6.45, 7) is 0.724. The summed E-state index contributed by atoms with van der Waals surface area (Å²) >= 11 is 0. The Balaban J connectivity index is 1.23. The van der Waals surface area contributed by atoms with E-state index in [0.29, 0.717) is 41.6 Å². The van der Waals surface area contributed by atoms with Crippen molar-refractivity contribution >= 4 is 5.91 Å². The predicted octanol–water partition coefficient (Wildman–Crippen LogP) is 3.96. The fraction of sp³-hybridized carbons (Fsp3) is 0.480. The number of ether oxygens (including phenoxy) is 5. The van der Waals surface area contributed by atoms with Crippen molar-refractivity contribution in [3.63, 3.8) is 0 Å². The lowest BCUT2D eigenvalue weighted by Gasteiger charge is -2.35. The van der Waals surface area contributed by atoms with Gasteiger partial charge in [0.15, 0.2) is 11.5 Å². The third kappa shape index (κ3) is 3.53. The standard InChI is InChI=1S/C25H25F2NO6/c1-30-14-5-6-15-16(11-21(34-19(15)10-14)17-3-2-8-31-17)28-24(29)23-22(25(23,26)27)13-4-7-18-20(9-13)33-12-32-18/h4-7,9-10,16-17,21-23H,2-3,8,11-12H2,1H3,(H,28,29). The summed E-state index contributed by atoms with van der Waals surface area (Å²) in [6.07, 6.45) is 1.87. The first-order valence-electron chi connectivity index (χ1n) is 11.5. The molecule has 7 nitrogen and oxygen atoms in total. The second-order valence-corrected chi connectivity index (χ2v) is 9.15. The van der Waals surface area contributed by atoms with Crippen LogP contribution in [0, 0.1) is 5.92 Å². The Hall–Kier alpha value is -3.07. The Morgan fingerprint density at radius 1 is 1.09 bits per heavy atom. The lowest BCUT2D eigenvalue weighted by molar-refractivity contribution is -0.125. The average molecular weight is 473 g/mol. The van der Waals surface area contributed by atoms with Crippen molar-refractivity contribution in [1.82, 2.24) is 5.32 Å². The molecule has 1 amide bonds. The van der Waals surface area contributed by atoms with Gasteiger partial charge in [0.05, 0.1) is 25.2 Å². The van der Waals surface area contributed by atoms with E-state index in [1.807, 2.05) is 6.07 Å². The van der Waals surface area contributed by atoms with E-state index < -0.39 is 29.7 Å². The number of fused-ring (bicyclic) bond motifs is 2. The Morgan fingerprint density at radius 3 is 2.74 bits per heavy atom. The van der Waals surface area contributed by atoms with Gasteiger partial charge in [-0.15, -0.1) is 0 Å². The SMILES string of the molecule is COc1ccc2c(c1)OC(C1CCCO1)CC2NC(=O)C1C(c2ccc3c(c2)OCO3)C1(F)F. The molecule has 0 aromatic heterocycles. The molecule has 1 saturated heterocycles. The second-order valence-electron chi connectivity index (χ2n) is 9.15. The molecule has 1 aliphatic carbocycles. The van der Waals surface area contributed by atoms with Crippen molar-refractivity contribution in [1.29, 1.82) is 0 Å². The molecule has 5 unspecified atom stereocenters. The van der Waals surface area contributed by atoms with Crippen LogP contribution in [-0.4, -0.2) is 44.5 Å². The minimum Gasteiger partial charge on any atom is -0.497 e. The monoisotopic (exact) mass is 473 g/mol. The highest BCUT2D eigenvalue weighted by molar-refractivity contribution is 5.86. The number of carbonyl (C=O) groups excluding carboxylic acids is 1. The number of halogens is 2. The first-order valence-corrected chi connectivity index (χ1v) is 11.5. The fourth-order valence-corrected chi connectivity index (χ4v) is 5.30. The van der Waals surface area contributed by atoms with Crippen molar-refractivity contribution < 1.29 is 37.3 Å². The molecular formula is C25H25F2NO6. The summed E-state index contributed by atoms with van der Waals surface area (Å²) in [5.41, 5.74) is 1.11. The highest BCUT2D eigenvalue weighted by atomic mass is 19.3. The summed E-state index contributed by atoms with van der Waals surface area (Å²) in [5.74, 6) is -4.33. The van der Waals surface area contributed by atoms with Crippen LogP contribution in [0.4, 0.5) is 8.78 Å². The molecule has 34 heavy (non-hydrogen) atoms. The molecule has 0 radical (unpaired) electrons. The number of alkyl halides is 2. The molecule has 0 spiro atoms. The number of benzene rings is 2. The Kier molecular flexibility index (Phi) is 5.05. The molecule has 5 atom stereocenters. The van der Waals surface area contributed by atoms with E-state index in [0.717, 1.165) is 18.4 Å². The first-order chi connectivity index (χ1) is 16.5. The van der Waals surface area contributed by atoms with Crippen LogP contribution in [0.15, 0.2) is 36.4 Å². The molecule has 3 heterocycles. The topological polar surface area (TPSA) is 75.2 Å². The Labute approximate surface area is 195 Å². The zero-order valence-electron chi connectivity index (χ0n) is 18.6. The first kappa shape index (κ1) is 21.5. The van der Waals surface area contributed by atoms with Gasteiger partial charge in [-0.1, -0.05) is 6.07 Å². The minimum absolute atomic E-state index is 0.0591. The van der Waals surface area contributed by atoms with Crippen molar-refractivity contribution in [2.75, 3.05) is 20.5 Å². The van der Waals surface area contributed by atoms with Gasteiger partial charge >= 0.3 is 0 Å². The van der Waals surface area contributed by atoms with Gasteiger partial charge in [-0.2, -0.15) is 0 Å². The number of hydrogen-bond donors (Lipinski definition) is 1. The van der Waals surface area contributed by atoms with Gasteiger partial charge in [0.1, 0.15) is 23.5 Å². The highest BCUT2D eigenvalue weighted by Gasteiger charge is 2.72. The Morgan fingerprint density at radius 2 is 1.94 bits per heavy atom. The molecule has 0 bridgehead atoms. The van der Waals surface area contributed by atoms with Gasteiger partial charge in [-0.3, -0.25) is 4.79 Å². The van der Waals surface area contributed by atoms with Crippen LogP contribution in [-0.2, 0) is 9.53 Å². The van der Waals surface area contributed by atoms with Crippen molar-refractivity contribution in [2.24, 2.45) is 5.92 Å². The average Bonchev–Trinajstić information content (AvgIpc) is 3.27. The summed E-state index contributed by atoms with van der Waals surface area (Å²) in [7, 11) is 1.56. The van der Waals surface area contributed by atoms with Gasteiger partial charge in [0.25, 0.3) is 5.92 Å². The maximum Gasteiger partial charge on any atom is 0.268 e. The van der Waals surface area contributed by atoms with Crippen LogP contribution in [0.3, 0.4) is 0 Å². The molecule has 1 saturated carbocycles.